The summed E-state index contributed by atoms with van der Waals surface area (Å²) in [5, 5.41) is 12.8. The molecule has 196 valence electrons. The standard InChI is InChI=1S/C25H24F7NO3/c1-23(11-19(34)22(35)33-23)18-6-7-20(21(18)14-2-4-17(26)5-3-14)36-12-13-8-15(24(27,28)29)10-16(9-13)25(30,31)32/h2-5,8-10,18-21,34H,6-7,11-12H2,1H3,(H,33,35)/t18-,19-,20+,21+,23-/m1/s1. The normalized spacial score (nSPS) is 29.0. The number of aliphatic hydroxyl groups excluding tert-OH is 1. The lowest BCUT2D eigenvalue weighted by Gasteiger charge is -2.37. The third-order valence-electron chi connectivity index (χ3n) is 7.11. The van der Waals surface area contributed by atoms with Crippen LogP contribution in [0.25, 0.3) is 0 Å². The number of alkyl halides is 6. The summed E-state index contributed by atoms with van der Waals surface area (Å²) in [6.45, 7) is 1.26. The maximum Gasteiger partial charge on any atom is 0.416 e. The lowest BCUT2D eigenvalue weighted by atomic mass is 9.74. The summed E-state index contributed by atoms with van der Waals surface area (Å²) in [4.78, 5) is 12.0. The lowest BCUT2D eigenvalue weighted by Crippen LogP contribution is -2.47. The Morgan fingerprint density at radius 3 is 2.08 bits per heavy atom. The van der Waals surface area contributed by atoms with Gasteiger partial charge in [-0.15, -0.1) is 0 Å². The highest BCUT2D eigenvalue weighted by atomic mass is 19.4. The minimum absolute atomic E-state index is 0.0609. The molecule has 1 amide bonds. The Morgan fingerprint density at radius 1 is 1.00 bits per heavy atom. The molecule has 11 heteroatoms. The van der Waals surface area contributed by atoms with Gasteiger partial charge in [-0.05, 0) is 67.1 Å². The molecule has 0 unspecified atom stereocenters. The number of hydrogen-bond donors (Lipinski definition) is 2. The second kappa shape index (κ2) is 9.33. The first-order chi connectivity index (χ1) is 16.7. The van der Waals surface area contributed by atoms with E-state index in [2.05, 4.69) is 5.32 Å². The van der Waals surface area contributed by atoms with Gasteiger partial charge in [-0.2, -0.15) is 26.3 Å². The zero-order valence-corrected chi connectivity index (χ0v) is 19.1. The first kappa shape index (κ1) is 26.4. The molecule has 4 nitrogen and oxygen atoms in total. The van der Waals surface area contributed by atoms with Crippen LogP contribution in [0.2, 0.25) is 0 Å². The molecule has 2 aromatic rings. The molecule has 1 heterocycles. The molecule has 0 aromatic heterocycles. The largest absolute Gasteiger partial charge is 0.416 e. The van der Waals surface area contributed by atoms with E-state index in [1.165, 1.54) is 24.3 Å². The van der Waals surface area contributed by atoms with Gasteiger partial charge in [0.05, 0.1) is 23.8 Å². The van der Waals surface area contributed by atoms with Crippen LogP contribution < -0.4 is 5.32 Å². The highest BCUT2D eigenvalue weighted by molar-refractivity contribution is 5.84. The van der Waals surface area contributed by atoms with Crippen molar-refractivity contribution in [3.05, 3.63) is 70.5 Å². The van der Waals surface area contributed by atoms with Crippen LogP contribution in [0.15, 0.2) is 42.5 Å². The second-order valence-electron chi connectivity index (χ2n) is 9.65. The van der Waals surface area contributed by atoms with Gasteiger partial charge in [-0.1, -0.05) is 12.1 Å². The van der Waals surface area contributed by atoms with Crippen molar-refractivity contribution < 1.29 is 45.4 Å². The van der Waals surface area contributed by atoms with E-state index in [0.29, 0.717) is 30.5 Å². The van der Waals surface area contributed by atoms with Crippen LogP contribution in [0.5, 0.6) is 0 Å². The molecule has 36 heavy (non-hydrogen) atoms. The Kier molecular flexibility index (Phi) is 6.85. The van der Waals surface area contributed by atoms with Crippen LogP contribution in [-0.2, 0) is 28.5 Å². The van der Waals surface area contributed by atoms with Crippen molar-refractivity contribution in [2.45, 2.75) is 68.8 Å². The van der Waals surface area contributed by atoms with Gasteiger partial charge in [0.2, 0.25) is 5.91 Å². The Labute approximate surface area is 202 Å². The van der Waals surface area contributed by atoms with Crippen molar-refractivity contribution >= 4 is 5.91 Å². The molecule has 0 bridgehead atoms. The quantitative estimate of drug-likeness (QED) is 0.507. The van der Waals surface area contributed by atoms with Gasteiger partial charge in [0.25, 0.3) is 0 Å². The van der Waals surface area contributed by atoms with Crippen LogP contribution in [0.1, 0.15) is 54.4 Å². The fourth-order valence-corrected chi connectivity index (χ4v) is 5.46. The molecule has 1 aliphatic carbocycles. The molecule has 2 N–H and O–H groups in total. The monoisotopic (exact) mass is 519 g/mol. The lowest BCUT2D eigenvalue weighted by molar-refractivity contribution is -0.143. The molecule has 2 fully saturated rings. The summed E-state index contributed by atoms with van der Waals surface area (Å²) in [6.07, 6.45) is -10.7. The summed E-state index contributed by atoms with van der Waals surface area (Å²) < 4.78 is 98.9. The van der Waals surface area contributed by atoms with Gasteiger partial charge < -0.3 is 15.2 Å². The highest BCUT2D eigenvalue weighted by Gasteiger charge is 2.52. The van der Waals surface area contributed by atoms with E-state index in [1.54, 1.807) is 6.92 Å². The molecule has 0 radical (unpaired) electrons. The SMILES string of the molecule is C[C@]1([C@@H]2CC[C@H](OCc3cc(C(F)(F)F)cc(C(F)(F)F)c3)[C@H]2c2ccc(F)cc2)C[C@@H](O)C(=O)N1. The molecule has 1 saturated heterocycles. The van der Waals surface area contributed by atoms with E-state index in [4.69, 9.17) is 4.74 Å². The third kappa shape index (κ3) is 5.36. The number of benzene rings is 2. The van der Waals surface area contributed by atoms with E-state index < -0.39 is 65.5 Å². The van der Waals surface area contributed by atoms with Gasteiger partial charge in [-0.25, -0.2) is 4.39 Å². The predicted molar refractivity (Wildman–Crippen MR) is 114 cm³/mol. The molecular weight excluding hydrogens is 495 g/mol. The fourth-order valence-electron chi connectivity index (χ4n) is 5.46. The Bertz CT molecular complexity index is 1080. The zero-order chi connectivity index (χ0) is 26.5. The summed E-state index contributed by atoms with van der Waals surface area (Å²) in [5.41, 5.74) is -3.31. The number of hydrogen-bond acceptors (Lipinski definition) is 3. The predicted octanol–water partition coefficient (Wildman–Crippen LogP) is 5.58. The smallest absolute Gasteiger partial charge is 0.383 e. The van der Waals surface area contributed by atoms with E-state index in [0.717, 1.165) is 0 Å². The number of ether oxygens (including phenoxy) is 1. The van der Waals surface area contributed by atoms with Crippen LogP contribution in [0, 0.1) is 11.7 Å². The third-order valence-corrected chi connectivity index (χ3v) is 7.11. The van der Waals surface area contributed by atoms with Gasteiger partial charge in [0.15, 0.2) is 0 Å². The zero-order valence-electron chi connectivity index (χ0n) is 19.1. The van der Waals surface area contributed by atoms with E-state index in [-0.39, 0.29) is 24.0 Å². The maximum absolute atomic E-state index is 13.6. The first-order valence-corrected chi connectivity index (χ1v) is 11.3. The van der Waals surface area contributed by atoms with Crippen molar-refractivity contribution in [3.63, 3.8) is 0 Å². The van der Waals surface area contributed by atoms with Gasteiger partial charge in [0.1, 0.15) is 11.9 Å². The van der Waals surface area contributed by atoms with Gasteiger partial charge in [-0.3, -0.25) is 4.79 Å². The molecular formula is C25H24F7NO3. The summed E-state index contributed by atoms with van der Waals surface area (Å²) in [5.74, 6) is -1.73. The molecule has 1 saturated carbocycles. The fraction of sp³-hybridized carbons (Fsp3) is 0.480. The van der Waals surface area contributed by atoms with E-state index in [9.17, 15) is 40.6 Å². The van der Waals surface area contributed by atoms with Gasteiger partial charge >= 0.3 is 12.4 Å². The van der Waals surface area contributed by atoms with Crippen molar-refractivity contribution in [2.24, 2.45) is 5.92 Å². The molecule has 1 aliphatic heterocycles. The Hall–Kier alpha value is -2.66. The van der Waals surface area contributed by atoms with Crippen molar-refractivity contribution in [1.82, 2.24) is 5.32 Å². The molecule has 2 aromatic carbocycles. The minimum atomic E-state index is -4.97. The number of carbonyl (C=O) groups excluding carboxylic acids is 1. The molecule has 4 rings (SSSR count). The summed E-state index contributed by atoms with van der Waals surface area (Å²) in [6, 6.07) is 6.88. The highest BCUT2D eigenvalue weighted by Crippen LogP contribution is 2.49. The average Bonchev–Trinajstić information content (AvgIpc) is 3.32. The van der Waals surface area contributed by atoms with Crippen molar-refractivity contribution in [3.8, 4) is 0 Å². The second-order valence-corrected chi connectivity index (χ2v) is 9.65. The number of amides is 1. The first-order valence-electron chi connectivity index (χ1n) is 11.3. The topological polar surface area (TPSA) is 58.6 Å². The van der Waals surface area contributed by atoms with Gasteiger partial charge in [0, 0.05) is 17.9 Å². The summed E-state index contributed by atoms with van der Waals surface area (Å²) >= 11 is 0. The molecule has 2 aliphatic rings. The Morgan fingerprint density at radius 2 is 1.58 bits per heavy atom. The minimum Gasteiger partial charge on any atom is -0.383 e. The van der Waals surface area contributed by atoms with Crippen LogP contribution in [0.3, 0.4) is 0 Å². The number of rotatable bonds is 5. The van der Waals surface area contributed by atoms with Crippen LogP contribution >= 0.6 is 0 Å². The molecule has 0 spiro atoms. The summed E-state index contributed by atoms with van der Waals surface area (Å²) in [7, 11) is 0. The number of carbonyl (C=O) groups is 1. The maximum atomic E-state index is 13.6. The van der Waals surface area contributed by atoms with E-state index >= 15 is 0 Å². The van der Waals surface area contributed by atoms with Crippen molar-refractivity contribution in [1.29, 1.82) is 0 Å². The number of halogens is 7. The average molecular weight is 519 g/mol. The number of aliphatic hydroxyl groups is 1. The molecule has 5 atom stereocenters. The van der Waals surface area contributed by atoms with E-state index in [1.807, 2.05) is 0 Å². The van der Waals surface area contributed by atoms with Crippen LogP contribution in [0.4, 0.5) is 30.7 Å². The number of nitrogens with one attached hydrogen (secondary N) is 1. The Balaban J connectivity index is 1.63. The van der Waals surface area contributed by atoms with Crippen molar-refractivity contribution in [2.75, 3.05) is 0 Å². The van der Waals surface area contributed by atoms with Crippen LogP contribution in [-0.4, -0.2) is 28.8 Å².